The fourth-order valence-corrected chi connectivity index (χ4v) is 3.03. The van der Waals surface area contributed by atoms with Crippen LogP contribution in [0.1, 0.15) is 22.4 Å². The predicted molar refractivity (Wildman–Crippen MR) is 89.5 cm³/mol. The summed E-state index contributed by atoms with van der Waals surface area (Å²) in [6.07, 6.45) is 0.524. The zero-order valence-electron chi connectivity index (χ0n) is 12.0. The Bertz CT molecular complexity index is 624. The maximum atomic E-state index is 8.78. The SMILES string of the molecule is CN(Cc1ccc(Cl)cc1)Cc1sccc1C#CCCO. The van der Waals surface area contributed by atoms with Crippen LogP contribution in [0.3, 0.4) is 0 Å². The summed E-state index contributed by atoms with van der Waals surface area (Å²) in [5.41, 5.74) is 2.31. The molecule has 0 bridgehead atoms. The van der Waals surface area contributed by atoms with Crippen LogP contribution < -0.4 is 0 Å². The minimum atomic E-state index is 0.114. The second kappa shape index (κ2) is 8.21. The highest BCUT2D eigenvalue weighted by atomic mass is 35.5. The number of benzene rings is 1. The minimum Gasteiger partial charge on any atom is -0.395 e. The summed E-state index contributed by atoms with van der Waals surface area (Å²) in [6, 6.07) is 9.98. The molecule has 1 N–H and O–H groups in total. The van der Waals surface area contributed by atoms with Crippen molar-refractivity contribution in [1.82, 2.24) is 4.90 Å². The van der Waals surface area contributed by atoms with Crippen molar-refractivity contribution in [2.75, 3.05) is 13.7 Å². The summed E-state index contributed by atoms with van der Waals surface area (Å²) >= 11 is 7.62. The van der Waals surface area contributed by atoms with Crippen LogP contribution in [0.4, 0.5) is 0 Å². The lowest BCUT2D eigenvalue weighted by atomic mass is 10.2. The molecule has 0 fully saturated rings. The molecule has 110 valence electrons. The summed E-state index contributed by atoms with van der Waals surface area (Å²) in [5, 5.41) is 11.6. The number of rotatable bonds is 5. The van der Waals surface area contributed by atoms with Gasteiger partial charge in [-0.05, 0) is 36.2 Å². The van der Waals surface area contributed by atoms with Gasteiger partial charge >= 0.3 is 0 Å². The molecule has 0 atom stereocenters. The number of aliphatic hydroxyl groups is 1. The molecule has 0 radical (unpaired) electrons. The molecule has 0 saturated carbocycles. The van der Waals surface area contributed by atoms with Crippen LogP contribution in [0.5, 0.6) is 0 Å². The van der Waals surface area contributed by atoms with Crippen molar-refractivity contribution in [2.45, 2.75) is 19.5 Å². The smallest absolute Gasteiger partial charge is 0.0540 e. The molecular formula is C17H18ClNOS. The molecule has 1 heterocycles. The van der Waals surface area contributed by atoms with Crippen molar-refractivity contribution in [3.8, 4) is 11.8 Å². The van der Waals surface area contributed by atoms with Crippen molar-refractivity contribution in [3.63, 3.8) is 0 Å². The van der Waals surface area contributed by atoms with Crippen LogP contribution in [-0.2, 0) is 13.1 Å². The van der Waals surface area contributed by atoms with Gasteiger partial charge in [-0.15, -0.1) is 11.3 Å². The normalized spacial score (nSPS) is 10.5. The van der Waals surface area contributed by atoms with Crippen LogP contribution in [0.25, 0.3) is 0 Å². The second-order valence-electron chi connectivity index (χ2n) is 4.83. The molecule has 2 aromatic rings. The van der Waals surface area contributed by atoms with Gasteiger partial charge in [0.05, 0.1) is 6.61 Å². The van der Waals surface area contributed by atoms with Crippen molar-refractivity contribution >= 4 is 22.9 Å². The van der Waals surface area contributed by atoms with E-state index < -0.39 is 0 Å². The van der Waals surface area contributed by atoms with E-state index in [1.807, 2.05) is 18.2 Å². The van der Waals surface area contributed by atoms with E-state index in [9.17, 15) is 0 Å². The molecule has 0 spiro atoms. The van der Waals surface area contributed by atoms with Crippen molar-refractivity contribution in [1.29, 1.82) is 0 Å². The van der Waals surface area contributed by atoms with Crippen LogP contribution in [0.2, 0.25) is 5.02 Å². The van der Waals surface area contributed by atoms with E-state index in [-0.39, 0.29) is 6.61 Å². The van der Waals surface area contributed by atoms with E-state index in [0.717, 1.165) is 23.7 Å². The summed E-state index contributed by atoms with van der Waals surface area (Å²) in [6.45, 7) is 1.85. The van der Waals surface area contributed by atoms with Crippen molar-refractivity contribution in [2.24, 2.45) is 0 Å². The summed E-state index contributed by atoms with van der Waals surface area (Å²) in [5.74, 6) is 6.11. The lowest BCUT2D eigenvalue weighted by Gasteiger charge is -2.16. The molecule has 2 rings (SSSR count). The molecule has 1 aromatic carbocycles. The van der Waals surface area contributed by atoms with Gasteiger partial charge in [-0.3, -0.25) is 4.90 Å². The highest BCUT2D eigenvalue weighted by Crippen LogP contribution is 2.19. The number of nitrogens with zero attached hydrogens (tertiary/aromatic N) is 1. The van der Waals surface area contributed by atoms with E-state index in [4.69, 9.17) is 16.7 Å². The molecular weight excluding hydrogens is 302 g/mol. The molecule has 0 aliphatic heterocycles. The largest absolute Gasteiger partial charge is 0.395 e. The first kappa shape index (κ1) is 16.1. The van der Waals surface area contributed by atoms with E-state index in [2.05, 4.69) is 41.3 Å². The maximum absolute atomic E-state index is 8.78. The molecule has 0 unspecified atom stereocenters. The first-order chi connectivity index (χ1) is 10.2. The average Bonchev–Trinajstić information content (AvgIpc) is 2.89. The number of halogens is 1. The van der Waals surface area contributed by atoms with Crippen molar-refractivity contribution < 1.29 is 5.11 Å². The quantitative estimate of drug-likeness (QED) is 0.848. The third kappa shape index (κ3) is 5.18. The number of hydrogen-bond acceptors (Lipinski definition) is 3. The van der Waals surface area contributed by atoms with Gasteiger partial charge in [-0.1, -0.05) is 35.6 Å². The van der Waals surface area contributed by atoms with Crippen LogP contribution in [0, 0.1) is 11.8 Å². The summed E-state index contributed by atoms with van der Waals surface area (Å²) in [4.78, 5) is 3.52. The standard InChI is InChI=1S/C17H18ClNOS/c1-19(12-14-5-7-16(18)8-6-14)13-17-15(9-11-21-17)4-2-3-10-20/h5-9,11,20H,3,10,12-13H2,1H3. The fourth-order valence-electron chi connectivity index (χ4n) is 1.99. The maximum Gasteiger partial charge on any atom is 0.0540 e. The Morgan fingerprint density at radius 2 is 1.95 bits per heavy atom. The van der Waals surface area contributed by atoms with E-state index >= 15 is 0 Å². The van der Waals surface area contributed by atoms with E-state index in [1.165, 1.54) is 10.4 Å². The zero-order valence-corrected chi connectivity index (χ0v) is 13.5. The number of hydrogen-bond donors (Lipinski definition) is 1. The number of thiophene rings is 1. The molecule has 0 amide bonds. The van der Waals surface area contributed by atoms with Gasteiger partial charge in [0, 0.05) is 35.0 Å². The number of aliphatic hydroxyl groups excluding tert-OH is 1. The average molecular weight is 320 g/mol. The van der Waals surface area contributed by atoms with Gasteiger partial charge < -0.3 is 5.11 Å². The Morgan fingerprint density at radius 1 is 1.19 bits per heavy atom. The Morgan fingerprint density at radius 3 is 2.67 bits per heavy atom. The molecule has 0 aliphatic carbocycles. The van der Waals surface area contributed by atoms with Gasteiger partial charge in [-0.2, -0.15) is 0 Å². The predicted octanol–water partition coefficient (Wildman–Crippen LogP) is 3.77. The van der Waals surface area contributed by atoms with Gasteiger partial charge in [-0.25, -0.2) is 0 Å². The highest BCUT2D eigenvalue weighted by molar-refractivity contribution is 7.10. The van der Waals surface area contributed by atoms with E-state index in [0.29, 0.717) is 6.42 Å². The monoisotopic (exact) mass is 319 g/mol. The van der Waals surface area contributed by atoms with Gasteiger partial charge in [0.1, 0.15) is 0 Å². The van der Waals surface area contributed by atoms with Crippen LogP contribution >= 0.6 is 22.9 Å². The Kier molecular flexibility index (Phi) is 6.28. The Hall–Kier alpha value is -1.31. The summed E-state index contributed by atoms with van der Waals surface area (Å²) in [7, 11) is 2.10. The van der Waals surface area contributed by atoms with Crippen LogP contribution in [-0.4, -0.2) is 23.7 Å². The molecule has 1 aromatic heterocycles. The van der Waals surface area contributed by atoms with E-state index in [1.54, 1.807) is 11.3 Å². The minimum absolute atomic E-state index is 0.114. The zero-order chi connectivity index (χ0) is 15.1. The highest BCUT2D eigenvalue weighted by Gasteiger charge is 2.06. The molecule has 0 aliphatic rings. The molecule has 4 heteroatoms. The van der Waals surface area contributed by atoms with Gasteiger partial charge in [0.25, 0.3) is 0 Å². The third-order valence-corrected chi connectivity index (χ3v) is 4.14. The second-order valence-corrected chi connectivity index (χ2v) is 6.27. The Balaban J connectivity index is 1.97. The third-order valence-electron chi connectivity index (χ3n) is 2.98. The first-order valence-electron chi connectivity index (χ1n) is 6.78. The lowest BCUT2D eigenvalue weighted by molar-refractivity contribution is 0.305. The Labute approximate surface area is 135 Å². The molecule has 2 nitrogen and oxygen atoms in total. The topological polar surface area (TPSA) is 23.5 Å². The fraction of sp³-hybridized carbons (Fsp3) is 0.294. The van der Waals surface area contributed by atoms with Crippen molar-refractivity contribution in [3.05, 3.63) is 56.7 Å². The molecule has 21 heavy (non-hydrogen) atoms. The van der Waals surface area contributed by atoms with Crippen LogP contribution in [0.15, 0.2) is 35.7 Å². The molecule has 0 saturated heterocycles. The summed E-state index contributed by atoms with van der Waals surface area (Å²) < 4.78 is 0. The van der Waals surface area contributed by atoms with Gasteiger partial charge in [0.2, 0.25) is 0 Å². The first-order valence-corrected chi connectivity index (χ1v) is 8.04. The van der Waals surface area contributed by atoms with Gasteiger partial charge in [0.15, 0.2) is 0 Å². The lowest BCUT2D eigenvalue weighted by Crippen LogP contribution is -2.17.